The maximum absolute atomic E-state index is 6.04. The quantitative estimate of drug-likeness (QED) is 0.652. The summed E-state index contributed by atoms with van der Waals surface area (Å²) in [5, 5.41) is 0. The molecule has 1 unspecified atom stereocenters. The van der Waals surface area contributed by atoms with E-state index in [2.05, 4.69) is 45.9 Å². The maximum Gasteiger partial charge on any atom is 0.0292 e. The largest absolute Gasteiger partial charge is 0.126 e. The molecule has 0 radical (unpaired) electrons. The third kappa shape index (κ3) is 3.53. The van der Waals surface area contributed by atoms with Crippen molar-refractivity contribution >= 4 is 11.6 Å². The van der Waals surface area contributed by atoms with Gasteiger partial charge in [-0.25, -0.2) is 0 Å². The van der Waals surface area contributed by atoms with Crippen molar-refractivity contribution in [2.45, 2.75) is 40.0 Å². The lowest BCUT2D eigenvalue weighted by Gasteiger charge is -2.17. The van der Waals surface area contributed by atoms with Crippen LogP contribution in [0.25, 0.3) is 0 Å². The van der Waals surface area contributed by atoms with E-state index in [4.69, 9.17) is 11.6 Å². The van der Waals surface area contributed by atoms with Crippen LogP contribution in [0.3, 0.4) is 0 Å². The van der Waals surface area contributed by atoms with Crippen LogP contribution in [-0.2, 0) is 0 Å². The summed E-state index contributed by atoms with van der Waals surface area (Å²) >= 11 is 6.04. The van der Waals surface area contributed by atoms with E-state index < -0.39 is 0 Å². The van der Waals surface area contributed by atoms with Gasteiger partial charge in [-0.15, -0.1) is 11.6 Å². The Labute approximate surface area is 98.7 Å². The minimum atomic E-state index is 0.506. The molecule has 0 aliphatic carbocycles. The first-order chi connectivity index (χ1) is 7.04. The Morgan fingerprint density at radius 3 is 2.27 bits per heavy atom. The molecule has 0 saturated carbocycles. The van der Waals surface area contributed by atoms with Crippen LogP contribution in [0.1, 0.15) is 42.9 Å². The second kappa shape index (κ2) is 5.55. The molecule has 1 rings (SSSR count). The topological polar surface area (TPSA) is 0 Å². The zero-order valence-corrected chi connectivity index (χ0v) is 10.9. The van der Waals surface area contributed by atoms with Gasteiger partial charge in [0.05, 0.1) is 0 Å². The summed E-state index contributed by atoms with van der Waals surface area (Å²) < 4.78 is 0. The van der Waals surface area contributed by atoms with Gasteiger partial charge >= 0.3 is 0 Å². The van der Waals surface area contributed by atoms with Crippen LogP contribution in [0.2, 0.25) is 0 Å². The van der Waals surface area contributed by atoms with Crippen molar-refractivity contribution in [3.05, 3.63) is 34.9 Å². The monoisotopic (exact) mass is 224 g/mol. The van der Waals surface area contributed by atoms with E-state index in [1.807, 2.05) is 0 Å². The highest BCUT2D eigenvalue weighted by atomic mass is 35.5. The summed E-state index contributed by atoms with van der Waals surface area (Å²) in [5.74, 6) is 1.93. The Bertz CT molecular complexity index is 315. The van der Waals surface area contributed by atoms with Crippen LogP contribution in [0.15, 0.2) is 18.2 Å². The fourth-order valence-corrected chi connectivity index (χ4v) is 2.18. The van der Waals surface area contributed by atoms with Crippen LogP contribution in [0.5, 0.6) is 0 Å². The Balaban J connectivity index is 2.87. The average Bonchev–Trinajstić information content (AvgIpc) is 2.18. The normalized spacial score (nSPS) is 13.2. The number of halogens is 1. The van der Waals surface area contributed by atoms with Crippen molar-refractivity contribution in [1.82, 2.24) is 0 Å². The van der Waals surface area contributed by atoms with Gasteiger partial charge in [-0.05, 0) is 48.8 Å². The Morgan fingerprint density at radius 1 is 1.13 bits per heavy atom. The molecule has 0 spiro atoms. The first-order valence-corrected chi connectivity index (χ1v) is 6.21. The summed E-state index contributed by atoms with van der Waals surface area (Å²) in [6.07, 6.45) is 1.17. The number of aryl methyl sites for hydroxylation is 2. The molecule has 0 aliphatic heterocycles. The summed E-state index contributed by atoms with van der Waals surface area (Å²) in [5.41, 5.74) is 4.12. The Hall–Kier alpha value is -0.490. The highest BCUT2D eigenvalue weighted by molar-refractivity contribution is 6.18. The Kier molecular flexibility index (Phi) is 4.66. The van der Waals surface area contributed by atoms with Crippen LogP contribution >= 0.6 is 11.6 Å². The minimum Gasteiger partial charge on any atom is -0.126 e. The number of hydrogen-bond acceptors (Lipinski definition) is 0. The third-order valence-electron chi connectivity index (χ3n) is 2.94. The Morgan fingerprint density at radius 2 is 1.80 bits per heavy atom. The molecule has 1 aromatic rings. The molecule has 0 aromatic heterocycles. The van der Waals surface area contributed by atoms with E-state index in [9.17, 15) is 0 Å². The molecule has 0 N–H and O–H groups in total. The van der Waals surface area contributed by atoms with Gasteiger partial charge in [-0.3, -0.25) is 0 Å². The number of rotatable bonds is 4. The van der Waals surface area contributed by atoms with E-state index in [0.29, 0.717) is 11.8 Å². The predicted octanol–water partition coefficient (Wildman–Crippen LogP) is 4.67. The molecule has 1 aromatic carbocycles. The summed E-state index contributed by atoms with van der Waals surface area (Å²) in [6.45, 7) is 8.82. The van der Waals surface area contributed by atoms with Crippen LogP contribution in [-0.4, -0.2) is 5.88 Å². The predicted molar refractivity (Wildman–Crippen MR) is 68.8 cm³/mol. The van der Waals surface area contributed by atoms with Crippen LogP contribution in [0.4, 0.5) is 0 Å². The SMILES string of the molecule is Cc1ccc(C(CCl)CC(C)C)cc1C. The molecule has 0 amide bonds. The average molecular weight is 225 g/mol. The van der Waals surface area contributed by atoms with Gasteiger partial charge in [-0.1, -0.05) is 32.0 Å². The van der Waals surface area contributed by atoms with Crippen molar-refractivity contribution < 1.29 is 0 Å². The van der Waals surface area contributed by atoms with E-state index in [0.717, 1.165) is 5.88 Å². The molecule has 0 aliphatic rings. The highest BCUT2D eigenvalue weighted by Gasteiger charge is 2.12. The van der Waals surface area contributed by atoms with Crippen LogP contribution < -0.4 is 0 Å². The molecule has 0 saturated heterocycles. The van der Waals surface area contributed by atoms with Gasteiger partial charge in [0.2, 0.25) is 0 Å². The van der Waals surface area contributed by atoms with Crippen LogP contribution in [0, 0.1) is 19.8 Å². The van der Waals surface area contributed by atoms with Gasteiger partial charge in [0.15, 0.2) is 0 Å². The minimum absolute atomic E-state index is 0.506. The first kappa shape index (κ1) is 12.6. The molecule has 84 valence electrons. The summed E-state index contributed by atoms with van der Waals surface area (Å²) in [4.78, 5) is 0. The highest BCUT2D eigenvalue weighted by Crippen LogP contribution is 2.26. The number of benzene rings is 1. The zero-order valence-electron chi connectivity index (χ0n) is 10.2. The second-order valence-electron chi connectivity index (χ2n) is 4.82. The standard InChI is InChI=1S/C14H21Cl/c1-10(2)7-14(9-15)13-6-5-11(3)12(4)8-13/h5-6,8,10,14H,7,9H2,1-4H3. The fraction of sp³-hybridized carbons (Fsp3) is 0.571. The van der Waals surface area contributed by atoms with E-state index >= 15 is 0 Å². The lowest BCUT2D eigenvalue weighted by Crippen LogP contribution is -2.05. The van der Waals surface area contributed by atoms with Crippen molar-refractivity contribution in [2.75, 3.05) is 5.88 Å². The van der Waals surface area contributed by atoms with Gasteiger partial charge in [0, 0.05) is 5.88 Å². The van der Waals surface area contributed by atoms with E-state index in [1.54, 1.807) is 0 Å². The fourth-order valence-electron chi connectivity index (χ4n) is 1.88. The van der Waals surface area contributed by atoms with E-state index in [1.165, 1.54) is 23.1 Å². The van der Waals surface area contributed by atoms with Crippen molar-refractivity contribution in [3.63, 3.8) is 0 Å². The maximum atomic E-state index is 6.04. The first-order valence-electron chi connectivity index (χ1n) is 5.67. The third-order valence-corrected chi connectivity index (χ3v) is 3.32. The molecule has 0 fully saturated rings. The summed E-state index contributed by atoms with van der Waals surface area (Å²) in [7, 11) is 0. The lowest BCUT2D eigenvalue weighted by molar-refractivity contribution is 0.526. The van der Waals surface area contributed by atoms with Gasteiger partial charge < -0.3 is 0 Å². The number of alkyl halides is 1. The molecule has 1 heteroatoms. The van der Waals surface area contributed by atoms with E-state index in [-0.39, 0.29) is 0 Å². The second-order valence-corrected chi connectivity index (χ2v) is 5.13. The molecule has 15 heavy (non-hydrogen) atoms. The molecule has 0 nitrogen and oxygen atoms in total. The van der Waals surface area contributed by atoms with Crippen molar-refractivity contribution in [2.24, 2.45) is 5.92 Å². The van der Waals surface area contributed by atoms with Gasteiger partial charge in [-0.2, -0.15) is 0 Å². The van der Waals surface area contributed by atoms with Gasteiger partial charge in [0.1, 0.15) is 0 Å². The molecule has 0 bridgehead atoms. The molecule has 0 heterocycles. The lowest BCUT2D eigenvalue weighted by atomic mass is 9.90. The van der Waals surface area contributed by atoms with Crippen molar-refractivity contribution in [1.29, 1.82) is 0 Å². The van der Waals surface area contributed by atoms with Crippen molar-refractivity contribution in [3.8, 4) is 0 Å². The smallest absolute Gasteiger partial charge is 0.0292 e. The zero-order chi connectivity index (χ0) is 11.4. The number of hydrogen-bond donors (Lipinski definition) is 0. The molecular weight excluding hydrogens is 204 g/mol. The summed E-state index contributed by atoms with van der Waals surface area (Å²) in [6, 6.07) is 6.70. The molecular formula is C14H21Cl. The van der Waals surface area contributed by atoms with Gasteiger partial charge in [0.25, 0.3) is 0 Å². The molecule has 1 atom stereocenters.